The lowest BCUT2D eigenvalue weighted by Crippen LogP contribution is -2.50. The molecule has 2 amide bonds. The molecule has 1 unspecified atom stereocenters. The summed E-state index contributed by atoms with van der Waals surface area (Å²) in [6.45, 7) is 3.59. The monoisotopic (exact) mass is 427 g/mol. The van der Waals surface area contributed by atoms with Crippen molar-refractivity contribution in [1.82, 2.24) is 15.5 Å². The summed E-state index contributed by atoms with van der Waals surface area (Å²) in [5, 5.41) is 6.10. The number of methoxy groups -OCH3 is 1. The second kappa shape index (κ2) is 11.2. The molecule has 0 saturated carbocycles. The molecule has 31 heavy (non-hydrogen) atoms. The first-order valence-electron chi connectivity index (χ1n) is 10.4. The van der Waals surface area contributed by atoms with Crippen LogP contribution in [-0.4, -0.2) is 56.8 Å². The van der Waals surface area contributed by atoms with Crippen LogP contribution in [0.4, 0.5) is 0 Å². The Morgan fingerprint density at radius 1 is 1.06 bits per heavy atom. The van der Waals surface area contributed by atoms with Crippen LogP contribution in [0.25, 0.3) is 0 Å². The molecule has 8 nitrogen and oxygen atoms in total. The summed E-state index contributed by atoms with van der Waals surface area (Å²) in [5.41, 5.74) is 1.02. The molecule has 1 atom stereocenters. The molecule has 2 aromatic carbocycles. The lowest BCUT2D eigenvalue weighted by atomic mass is 10.0. The number of rotatable bonds is 10. The second-order valence-corrected chi connectivity index (χ2v) is 7.09. The molecule has 0 aliphatic carbocycles. The Labute approximate surface area is 182 Å². The van der Waals surface area contributed by atoms with E-state index in [1.807, 2.05) is 43.3 Å². The minimum atomic E-state index is -0.215. The van der Waals surface area contributed by atoms with E-state index in [2.05, 4.69) is 10.6 Å². The molecule has 3 rings (SSSR count). The van der Waals surface area contributed by atoms with Crippen molar-refractivity contribution < 1.29 is 23.8 Å². The van der Waals surface area contributed by atoms with Crippen molar-refractivity contribution in [2.45, 2.75) is 19.4 Å². The fourth-order valence-electron chi connectivity index (χ4n) is 3.29. The Morgan fingerprint density at radius 3 is 2.35 bits per heavy atom. The Hall–Kier alpha value is -3.26. The highest BCUT2D eigenvalue weighted by Gasteiger charge is 2.27. The van der Waals surface area contributed by atoms with Crippen molar-refractivity contribution in [2.75, 3.05) is 40.1 Å². The Balaban J connectivity index is 1.37. The van der Waals surface area contributed by atoms with E-state index < -0.39 is 0 Å². The maximum atomic E-state index is 12.5. The van der Waals surface area contributed by atoms with Crippen LogP contribution in [0.3, 0.4) is 0 Å². The summed E-state index contributed by atoms with van der Waals surface area (Å²) in [4.78, 5) is 26.2. The summed E-state index contributed by atoms with van der Waals surface area (Å²) < 4.78 is 16.1. The molecule has 1 aliphatic heterocycles. The molecule has 1 saturated heterocycles. The number of carbonyl (C=O) groups is 2. The smallest absolute Gasteiger partial charge is 0.239 e. The van der Waals surface area contributed by atoms with Crippen LogP contribution in [0.2, 0.25) is 0 Å². The van der Waals surface area contributed by atoms with Crippen LogP contribution >= 0.6 is 0 Å². The number of nitrogens with one attached hydrogen (secondary N) is 2. The Morgan fingerprint density at radius 2 is 1.71 bits per heavy atom. The molecule has 1 fully saturated rings. The predicted molar refractivity (Wildman–Crippen MR) is 116 cm³/mol. The molecule has 0 bridgehead atoms. The number of hydrogen-bond acceptors (Lipinski definition) is 6. The molecule has 2 N–H and O–H groups in total. The summed E-state index contributed by atoms with van der Waals surface area (Å²) >= 11 is 0. The zero-order valence-corrected chi connectivity index (χ0v) is 17.9. The minimum Gasteiger partial charge on any atom is -0.497 e. The Bertz CT molecular complexity index is 855. The van der Waals surface area contributed by atoms with Crippen molar-refractivity contribution in [3.05, 3.63) is 54.1 Å². The molecule has 0 spiro atoms. The molecule has 1 aliphatic rings. The van der Waals surface area contributed by atoms with Gasteiger partial charge >= 0.3 is 0 Å². The van der Waals surface area contributed by atoms with E-state index in [1.54, 1.807) is 19.2 Å². The molecule has 8 heteroatoms. The Kier molecular flexibility index (Phi) is 8.12. The van der Waals surface area contributed by atoms with E-state index in [1.165, 1.54) is 4.90 Å². The van der Waals surface area contributed by atoms with Crippen LogP contribution in [0.5, 0.6) is 17.2 Å². The summed E-state index contributed by atoms with van der Waals surface area (Å²) in [5.74, 6) is 1.99. The lowest BCUT2D eigenvalue weighted by molar-refractivity contribution is -0.139. The third-order valence-corrected chi connectivity index (χ3v) is 4.94. The number of carbonyl (C=O) groups excluding carboxylic acids is 2. The topological polar surface area (TPSA) is 89.1 Å². The normalized spacial score (nSPS) is 16.0. The predicted octanol–water partition coefficient (Wildman–Crippen LogP) is 2.11. The highest BCUT2D eigenvalue weighted by Crippen LogP contribution is 2.23. The van der Waals surface area contributed by atoms with Gasteiger partial charge in [0.25, 0.3) is 0 Å². The summed E-state index contributed by atoms with van der Waals surface area (Å²) in [6.07, 6.45) is 0.307. The van der Waals surface area contributed by atoms with Gasteiger partial charge in [-0.1, -0.05) is 12.1 Å². The van der Waals surface area contributed by atoms with Crippen LogP contribution in [0.15, 0.2) is 48.5 Å². The van der Waals surface area contributed by atoms with Gasteiger partial charge in [-0.3, -0.25) is 14.9 Å². The van der Waals surface area contributed by atoms with Gasteiger partial charge in [-0.2, -0.15) is 0 Å². The standard InChI is InChI=1S/C23H29N3O5/c1-3-30-19-6-4-17(5-7-19)21-14-23(28)26(16-25-21)15-22(27)24-12-13-31-20-10-8-18(29-2)9-11-20/h4-11,21,25H,3,12-16H2,1-2H3,(H,24,27). The van der Waals surface area contributed by atoms with E-state index >= 15 is 0 Å². The zero-order chi connectivity index (χ0) is 22.1. The molecule has 1 heterocycles. The number of ether oxygens (including phenoxy) is 3. The highest BCUT2D eigenvalue weighted by atomic mass is 16.5. The largest absolute Gasteiger partial charge is 0.497 e. The molecule has 166 valence electrons. The van der Waals surface area contributed by atoms with E-state index in [9.17, 15) is 9.59 Å². The van der Waals surface area contributed by atoms with Gasteiger partial charge in [-0.25, -0.2) is 0 Å². The minimum absolute atomic E-state index is 0.0182. The quantitative estimate of drug-likeness (QED) is 0.565. The van der Waals surface area contributed by atoms with Gasteiger partial charge in [0.2, 0.25) is 11.8 Å². The molecule has 0 aromatic heterocycles. The number of hydrogen-bond donors (Lipinski definition) is 2. The first-order chi connectivity index (χ1) is 15.1. The van der Waals surface area contributed by atoms with Crippen LogP contribution in [0.1, 0.15) is 24.9 Å². The zero-order valence-electron chi connectivity index (χ0n) is 17.9. The second-order valence-electron chi connectivity index (χ2n) is 7.09. The molecule has 0 radical (unpaired) electrons. The van der Waals surface area contributed by atoms with Crippen molar-refractivity contribution >= 4 is 11.8 Å². The van der Waals surface area contributed by atoms with Crippen LogP contribution in [-0.2, 0) is 9.59 Å². The first-order valence-corrected chi connectivity index (χ1v) is 10.4. The SMILES string of the molecule is CCOc1ccc(C2CC(=O)N(CC(=O)NCCOc3ccc(OC)cc3)CN2)cc1. The maximum absolute atomic E-state index is 12.5. The van der Waals surface area contributed by atoms with Crippen molar-refractivity contribution in [2.24, 2.45) is 0 Å². The first kappa shape index (κ1) is 22.4. The van der Waals surface area contributed by atoms with E-state index in [-0.39, 0.29) is 24.4 Å². The van der Waals surface area contributed by atoms with Gasteiger partial charge in [0.1, 0.15) is 30.4 Å². The fourth-order valence-corrected chi connectivity index (χ4v) is 3.29. The summed E-state index contributed by atoms with van der Waals surface area (Å²) in [7, 11) is 1.61. The van der Waals surface area contributed by atoms with Gasteiger partial charge in [-0.15, -0.1) is 0 Å². The van der Waals surface area contributed by atoms with Crippen molar-refractivity contribution in [1.29, 1.82) is 0 Å². The molecular weight excluding hydrogens is 398 g/mol. The van der Waals surface area contributed by atoms with Gasteiger partial charge in [-0.05, 0) is 48.9 Å². The molecular formula is C23H29N3O5. The van der Waals surface area contributed by atoms with E-state index in [0.717, 1.165) is 17.1 Å². The maximum Gasteiger partial charge on any atom is 0.239 e. The van der Waals surface area contributed by atoms with Gasteiger partial charge in [0, 0.05) is 12.5 Å². The molecule has 2 aromatic rings. The number of amides is 2. The summed E-state index contributed by atoms with van der Waals surface area (Å²) in [6, 6.07) is 14.9. The van der Waals surface area contributed by atoms with Crippen molar-refractivity contribution in [3.63, 3.8) is 0 Å². The highest BCUT2D eigenvalue weighted by molar-refractivity contribution is 5.85. The fraction of sp³-hybridized carbons (Fsp3) is 0.391. The average Bonchev–Trinajstić information content (AvgIpc) is 2.79. The van der Waals surface area contributed by atoms with Gasteiger partial charge < -0.3 is 24.4 Å². The third kappa shape index (κ3) is 6.62. The van der Waals surface area contributed by atoms with Crippen molar-refractivity contribution in [3.8, 4) is 17.2 Å². The number of nitrogens with zero attached hydrogens (tertiary/aromatic N) is 1. The van der Waals surface area contributed by atoms with Crippen LogP contribution < -0.4 is 24.8 Å². The lowest BCUT2D eigenvalue weighted by Gasteiger charge is -2.32. The average molecular weight is 428 g/mol. The van der Waals surface area contributed by atoms with E-state index in [4.69, 9.17) is 14.2 Å². The van der Waals surface area contributed by atoms with Gasteiger partial charge in [0.15, 0.2) is 0 Å². The number of benzene rings is 2. The van der Waals surface area contributed by atoms with Gasteiger partial charge in [0.05, 0.1) is 26.9 Å². The van der Waals surface area contributed by atoms with Crippen LogP contribution in [0, 0.1) is 0 Å². The third-order valence-electron chi connectivity index (χ3n) is 4.94. The van der Waals surface area contributed by atoms with E-state index in [0.29, 0.717) is 38.6 Å².